The summed E-state index contributed by atoms with van der Waals surface area (Å²) in [6.07, 6.45) is 1.91. The molecule has 1 aromatic rings. The predicted octanol–water partition coefficient (Wildman–Crippen LogP) is 1.87. The number of likely N-dealkylation sites (N-methyl/N-ethyl adjacent to an activating group) is 1. The van der Waals surface area contributed by atoms with Crippen LogP contribution in [0.2, 0.25) is 0 Å². The minimum Gasteiger partial charge on any atom is -0.348 e. The quantitative estimate of drug-likeness (QED) is 0.713. The molecule has 1 fully saturated rings. The molecule has 0 aromatic carbocycles. The lowest BCUT2D eigenvalue weighted by Crippen LogP contribution is -2.23. The van der Waals surface area contributed by atoms with Crippen molar-refractivity contribution < 1.29 is 4.79 Å². The average Bonchev–Trinajstić information content (AvgIpc) is 2.77. The van der Waals surface area contributed by atoms with E-state index in [0.29, 0.717) is 4.91 Å². The Labute approximate surface area is 105 Å². The number of rotatable bonds is 1. The zero-order valence-electron chi connectivity index (χ0n) is 10.4. The predicted molar refractivity (Wildman–Crippen MR) is 71.8 cm³/mol. The Morgan fingerprint density at radius 2 is 2.06 bits per heavy atom. The molecule has 0 bridgehead atoms. The van der Waals surface area contributed by atoms with Gasteiger partial charge in [-0.25, -0.2) is 0 Å². The maximum absolute atomic E-state index is 11.9. The minimum absolute atomic E-state index is 0.00875. The normalized spacial score (nSPS) is 20.9. The highest BCUT2D eigenvalue weighted by Gasteiger charge is 2.29. The van der Waals surface area contributed by atoms with Gasteiger partial charge in [-0.1, -0.05) is 0 Å². The van der Waals surface area contributed by atoms with Crippen molar-refractivity contribution in [3.63, 3.8) is 0 Å². The average molecular weight is 249 g/mol. The fourth-order valence-electron chi connectivity index (χ4n) is 1.66. The molecule has 1 aromatic heterocycles. The number of hydrogen-bond acceptors (Lipinski definition) is 3. The molecule has 2 rings (SSSR count). The third-order valence-electron chi connectivity index (χ3n) is 2.89. The molecule has 0 radical (unpaired) electrons. The van der Waals surface area contributed by atoms with Crippen molar-refractivity contribution in [2.24, 2.45) is 12.0 Å². The van der Waals surface area contributed by atoms with Crippen LogP contribution < -0.4 is 0 Å². The van der Waals surface area contributed by atoms with Crippen molar-refractivity contribution in [1.82, 2.24) is 9.47 Å². The van der Waals surface area contributed by atoms with Crippen LogP contribution in [-0.2, 0) is 11.8 Å². The van der Waals surface area contributed by atoms with E-state index in [1.165, 1.54) is 17.5 Å². The number of carbonyl (C=O) groups is 1. The number of thioether (sulfide) groups is 1. The molecule has 1 aliphatic heterocycles. The molecular formula is C12H15N3OS. The molecule has 0 unspecified atom stereocenters. The first kappa shape index (κ1) is 12.0. The van der Waals surface area contributed by atoms with Gasteiger partial charge in [0.05, 0.1) is 4.91 Å². The molecule has 5 heteroatoms. The van der Waals surface area contributed by atoms with Crippen LogP contribution in [0.5, 0.6) is 0 Å². The Kier molecular flexibility index (Phi) is 3.11. The summed E-state index contributed by atoms with van der Waals surface area (Å²) in [5.74, 6) is 0.00875. The van der Waals surface area contributed by atoms with E-state index in [2.05, 4.69) is 9.56 Å². The van der Waals surface area contributed by atoms with E-state index in [0.717, 1.165) is 10.9 Å². The molecule has 0 aliphatic carbocycles. The summed E-state index contributed by atoms with van der Waals surface area (Å²) in [6, 6.07) is 4.05. The van der Waals surface area contributed by atoms with E-state index in [1.54, 1.807) is 19.0 Å². The van der Waals surface area contributed by atoms with Crippen molar-refractivity contribution in [3.05, 3.63) is 28.4 Å². The zero-order valence-corrected chi connectivity index (χ0v) is 11.2. The van der Waals surface area contributed by atoms with Gasteiger partial charge in [-0.3, -0.25) is 14.7 Å². The van der Waals surface area contributed by atoms with E-state index in [1.807, 2.05) is 32.2 Å². The maximum atomic E-state index is 11.9. The van der Waals surface area contributed by atoms with Crippen LogP contribution in [0.4, 0.5) is 0 Å². The van der Waals surface area contributed by atoms with E-state index >= 15 is 0 Å². The van der Waals surface area contributed by atoms with Crippen molar-refractivity contribution in [3.8, 4) is 0 Å². The topological polar surface area (TPSA) is 37.6 Å². The van der Waals surface area contributed by atoms with Crippen LogP contribution in [0, 0.1) is 6.92 Å². The van der Waals surface area contributed by atoms with Crippen LogP contribution in [0.15, 0.2) is 22.0 Å². The van der Waals surface area contributed by atoms with Gasteiger partial charge in [0, 0.05) is 32.5 Å². The molecule has 0 atom stereocenters. The number of amides is 1. The summed E-state index contributed by atoms with van der Waals surface area (Å²) in [5, 5.41) is 0.743. The lowest BCUT2D eigenvalue weighted by atomic mass is 10.3. The standard InChI is InChI=1S/C12H15N3OS/c1-8-5-6-9(14(8)3)7-10-11(16)15(4)12(13-2)17-10/h5-7H,1-4H3/b10-7-,13-12?. The number of hydrogen-bond donors (Lipinski definition) is 0. The number of aryl methyl sites for hydroxylation is 1. The van der Waals surface area contributed by atoms with Gasteiger partial charge in [-0.05, 0) is 36.9 Å². The van der Waals surface area contributed by atoms with Gasteiger partial charge >= 0.3 is 0 Å². The van der Waals surface area contributed by atoms with E-state index in [4.69, 9.17) is 0 Å². The highest BCUT2D eigenvalue weighted by Crippen LogP contribution is 2.31. The summed E-state index contributed by atoms with van der Waals surface area (Å²) in [5.41, 5.74) is 2.20. The molecule has 4 nitrogen and oxygen atoms in total. The third kappa shape index (κ3) is 2.02. The van der Waals surface area contributed by atoms with Crippen molar-refractivity contribution in [2.75, 3.05) is 14.1 Å². The van der Waals surface area contributed by atoms with Gasteiger partial charge in [0.1, 0.15) is 0 Å². The first-order chi connectivity index (χ1) is 8.04. The summed E-state index contributed by atoms with van der Waals surface area (Å²) in [7, 11) is 5.43. The monoisotopic (exact) mass is 249 g/mol. The summed E-state index contributed by atoms with van der Waals surface area (Å²) in [6.45, 7) is 2.04. The molecule has 0 N–H and O–H groups in total. The lowest BCUT2D eigenvalue weighted by Gasteiger charge is -2.05. The molecule has 0 spiro atoms. The van der Waals surface area contributed by atoms with E-state index in [9.17, 15) is 4.79 Å². The Balaban J connectivity index is 2.36. The highest BCUT2D eigenvalue weighted by atomic mass is 32.2. The Morgan fingerprint density at radius 1 is 1.35 bits per heavy atom. The van der Waals surface area contributed by atoms with Gasteiger partial charge in [0.25, 0.3) is 5.91 Å². The summed E-state index contributed by atoms with van der Waals surface area (Å²) >= 11 is 1.41. The SMILES string of the molecule is CN=C1S/C(=C\c2ccc(C)n2C)C(=O)N1C. The summed E-state index contributed by atoms with van der Waals surface area (Å²) < 4.78 is 2.06. The van der Waals surface area contributed by atoms with Gasteiger partial charge in [-0.2, -0.15) is 0 Å². The molecular weight excluding hydrogens is 234 g/mol. The van der Waals surface area contributed by atoms with Crippen LogP contribution in [0.25, 0.3) is 6.08 Å². The molecule has 1 saturated heterocycles. The van der Waals surface area contributed by atoms with Gasteiger partial charge in [0.2, 0.25) is 0 Å². The van der Waals surface area contributed by atoms with Crippen molar-refractivity contribution >= 4 is 28.9 Å². The van der Waals surface area contributed by atoms with Crippen LogP contribution in [0.3, 0.4) is 0 Å². The Morgan fingerprint density at radius 3 is 2.53 bits per heavy atom. The number of aliphatic imine (C=N–C) groups is 1. The fraction of sp³-hybridized carbons (Fsp3) is 0.333. The first-order valence-corrected chi connectivity index (χ1v) is 6.13. The molecule has 17 heavy (non-hydrogen) atoms. The van der Waals surface area contributed by atoms with Gasteiger partial charge < -0.3 is 4.57 Å². The highest BCUT2D eigenvalue weighted by molar-refractivity contribution is 8.18. The van der Waals surface area contributed by atoms with Gasteiger partial charge in [0.15, 0.2) is 5.17 Å². The summed E-state index contributed by atoms with van der Waals surface area (Å²) in [4.78, 5) is 18.3. The third-order valence-corrected chi connectivity index (χ3v) is 4.04. The van der Waals surface area contributed by atoms with Gasteiger partial charge in [-0.15, -0.1) is 0 Å². The second kappa shape index (κ2) is 4.41. The van der Waals surface area contributed by atoms with Crippen molar-refractivity contribution in [1.29, 1.82) is 0 Å². The minimum atomic E-state index is 0.00875. The number of nitrogens with zero attached hydrogens (tertiary/aromatic N) is 3. The van der Waals surface area contributed by atoms with E-state index < -0.39 is 0 Å². The molecule has 1 aliphatic rings. The largest absolute Gasteiger partial charge is 0.348 e. The van der Waals surface area contributed by atoms with E-state index in [-0.39, 0.29) is 5.91 Å². The molecule has 0 saturated carbocycles. The number of amidine groups is 1. The maximum Gasteiger partial charge on any atom is 0.266 e. The lowest BCUT2D eigenvalue weighted by molar-refractivity contribution is -0.121. The molecule has 2 heterocycles. The van der Waals surface area contributed by atoms with Crippen LogP contribution in [-0.4, -0.2) is 34.6 Å². The number of carbonyl (C=O) groups excluding carboxylic acids is 1. The van der Waals surface area contributed by atoms with Crippen molar-refractivity contribution in [2.45, 2.75) is 6.92 Å². The van der Waals surface area contributed by atoms with Crippen LogP contribution >= 0.6 is 11.8 Å². The second-order valence-electron chi connectivity index (χ2n) is 3.94. The fourth-order valence-corrected chi connectivity index (χ4v) is 2.57. The smallest absolute Gasteiger partial charge is 0.266 e. The Bertz CT molecular complexity index is 528. The Hall–Kier alpha value is -1.49. The molecule has 1 amide bonds. The molecule has 90 valence electrons. The number of aromatic nitrogens is 1. The second-order valence-corrected chi connectivity index (χ2v) is 4.95. The first-order valence-electron chi connectivity index (χ1n) is 5.31. The van der Waals surface area contributed by atoms with Crippen LogP contribution in [0.1, 0.15) is 11.4 Å². The zero-order chi connectivity index (χ0) is 12.6.